The summed E-state index contributed by atoms with van der Waals surface area (Å²) in [5.41, 5.74) is 75.8. The molecule has 0 radical (unpaired) electrons. The molecule has 0 saturated heterocycles. The summed E-state index contributed by atoms with van der Waals surface area (Å²) in [6, 6.07) is 66.2. The molecule has 0 unspecified atom stereocenters. The molecule has 5 aliphatic carbocycles. The fourth-order valence-corrected chi connectivity index (χ4v) is 14.6. The van der Waals surface area contributed by atoms with Crippen molar-refractivity contribution in [3.63, 3.8) is 0 Å². The molecular weight excluding hydrogens is 1800 g/mol. The van der Waals surface area contributed by atoms with Crippen LogP contribution in [-0.4, -0.2) is 150 Å². The zero-order chi connectivity index (χ0) is 101. The van der Waals surface area contributed by atoms with E-state index in [1.807, 2.05) is 162 Å². The van der Waals surface area contributed by atoms with Crippen molar-refractivity contribution in [2.45, 2.75) is 54.4 Å². The van der Waals surface area contributed by atoms with Crippen LogP contribution in [0.4, 0.5) is 85.3 Å². The lowest BCUT2D eigenvalue weighted by molar-refractivity contribution is -0.112. The molecule has 0 atom stereocenters. The van der Waals surface area contributed by atoms with Gasteiger partial charge in [-0.05, 0) is 288 Å². The number of allylic oxidation sites excluding steroid dienone is 13. The molecule has 141 heavy (non-hydrogen) atoms. The second-order valence-corrected chi connectivity index (χ2v) is 32.6. The molecule has 0 spiro atoms. The van der Waals surface area contributed by atoms with Crippen molar-refractivity contribution in [1.29, 1.82) is 5.41 Å². The molecule has 26 N–H and O–H groups in total. The van der Waals surface area contributed by atoms with Crippen LogP contribution in [-0.2, 0) is 36.8 Å². The first kappa shape index (κ1) is 106. The number of rotatable bonds is 28. The molecule has 726 valence electrons. The molecule has 1 amide bonds. The number of methoxy groups -OCH3 is 1. The van der Waals surface area contributed by atoms with E-state index < -0.39 is 0 Å². The number of aromatic hydroxyl groups is 2. The second-order valence-electron chi connectivity index (χ2n) is 32.6. The number of aliphatic hydroxyl groups excluding tert-OH is 2. The van der Waals surface area contributed by atoms with Gasteiger partial charge in [-0.3, -0.25) is 29.4 Å². The molecule has 0 aromatic heterocycles. The van der Waals surface area contributed by atoms with Crippen molar-refractivity contribution >= 4 is 161 Å². The van der Waals surface area contributed by atoms with E-state index in [-0.39, 0.29) is 77.6 Å². The topological polar surface area (TPSA) is 541 Å². The monoisotopic (exact) mass is 1920 g/mol. The first-order chi connectivity index (χ1) is 67.2. The van der Waals surface area contributed by atoms with Crippen LogP contribution in [0.15, 0.2) is 362 Å². The van der Waals surface area contributed by atoms with Gasteiger partial charge in [0.05, 0.1) is 123 Å². The Hall–Kier alpha value is -17.4. The van der Waals surface area contributed by atoms with Crippen LogP contribution in [0.25, 0.3) is 0 Å². The maximum atomic E-state index is 12.3. The van der Waals surface area contributed by atoms with Crippen molar-refractivity contribution in [3.05, 3.63) is 376 Å². The number of carbonyl (C=O) groups excluding carboxylic acids is 5. The number of hydrogen-bond acceptors (Lipinski definition) is 30. The first-order valence-corrected chi connectivity index (χ1v) is 45.1. The highest BCUT2D eigenvalue weighted by molar-refractivity contribution is 6.50. The van der Waals surface area contributed by atoms with E-state index in [0.29, 0.717) is 153 Å². The SMILES string of the molecule is CCN(CCNC(=O)c1ccccc1)c1ccc(N=C2C=C(OC)C(N)=CC2=N)c(C)c1.CCN(CCO)c1ccc(N=C2C=C(N)C(=O)C=C2Nc2ccc(N(CC)CCO)cc2)cc1.Cc1cc(N)ccc1N=C1C=C(Nc2ccc(N)cc2C)C(=O)C=C1N.Cl.NC1=CC(=O)C(Cc2ccc(N)cc2)=CC1=Nc1ccc(N)cc1.Nc1cc(O)c(Cc2ccc(O)cc2)cc1N=C1C=CC(=O)C=C1. The van der Waals surface area contributed by atoms with E-state index in [4.69, 9.17) is 66.7 Å². The molecule has 32 heteroatoms. The number of carbonyl (C=O) groups is 5. The van der Waals surface area contributed by atoms with E-state index >= 15 is 0 Å². The molecule has 0 aliphatic heterocycles. The summed E-state index contributed by atoms with van der Waals surface area (Å²) in [5, 5.41) is 55.5. The molecule has 15 rings (SSSR count). The number of aliphatic hydroxyl groups is 2. The quantitative estimate of drug-likeness (QED) is 0.0123. The summed E-state index contributed by atoms with van der Waals surface area (Å²) in [6.45, 7) is 16.9. The molecule has 0 saturated carbocycles. The van der Waals surface area contributed by atoms with Crippen molar-refractivity contribution in [2.75, 3.05) is 120 Å². The van der Waals surface area contributed by atoms with Crippen molar-refractivity contribution in [3.8, 4) is 11.5 Å². The summed E-state index contributed by atoms with van der Waals surface area (Å²) in [4.78, 5) is 89.3. The Kier molecular flexibility index (Phi) is 38.2. The molecule has 31 nitrogen and oxygen atoms in total. The number of ketones is 4. The average Bonchev–Trinajstić information content (AvgIpc) is 0.824. The Morgan fingerprint density at radius 2 is 0.950 bits per heavy atom. The largest absolute Gasteiger partial charge is 0.508 e. The van der Waals surface area contributed by atoms with Gasteiger partial charge in [0, 0.05) is 157 Å². The Bertz CT molecular complexity index is 6730. The number of phenols is 2. The number of nitrogens with two attached hydrogens (primary N) is 9. The van der Waals surface area contributed by atoms with Gasteiger partial charge in [-0.2, -0.15) is 0 Å². The molecule has 0 fully saturated rings. The number of ether oxygens (including phenoxy) is 1. The van der Waals surface area contributed by atoms with Gasteiger partial charge >= 0.3 is 0 Å². The number of aliphatic imine (C=N–C) groups is 5. The van der Waals surface area contributed by atoms with E-state index in [0.717, 1.165) is 98.6 Å². The zero-order valence-corrected chi connectivity index (χ0v) is 80.2. The zero-order valence-electron chi connectivity index (χ0n) is 79.4. The predicted octanol–water partition coefficient (Wildman–Crippen LogP) is 15.5. The number of aryl methyl sites for hydroxylation is 3. The maximum Gasteiger partial charge on any atom is 0.251 e. The minimum atomic E-state index is -0.267. The number of amides is 1. The fourth-order valence-electron chi connectivity index (χ4n) is 14.6. The van der Waals surface area contributed by atoms with Crippen molar-refractivity contribution < 1.29 is 49.1 Å². The third-order valence-electron chi connectivity index (χ3n) is 22.3. The molecule has 10 aromatic carbocycles. The Labute approximate surface area is 825 Å². The summed E-state index contributed by atoms with van der Waals surface area (Å²) >= 11 is 0. The average molecular weight is 1920 g/mol. The predicted molar refractivity (Wildman–Crippen MR) is 575 cm³/mol. The number of benzene rings is 10. The number of halogens is 1. The van der Waals surface area contributed by atoms with Gasteiger partial charge in [-0.15, -0.1) is 12.4 Å². The van der Waals surface area contributed by atoms with Crippen LogP contribution in [0.1, 0.15) is 64.5 Å². The number of nitrogens with one attached hydrogen (secondary N) is 4. The van der Waals surface area contributed by atoms with Crippen LogP contribution < -0.4 is 82.3 Å². The number of hydrogen-bond donors (Lipinski definition) is 17. The van der Waals surface area contributed by atoms with Gasteiger partial charge in [0.25, 0.3) is 5.91 Å². The molecule has 10 aromatic rings. The van der Waals surface area contributed by atoms with Gasteiger partial charge in [-0.25, -0.2) is 25.0 Å². The summed E-state index contributed by atoms with van der Waals surface area (Å²) < 4.78 is 5.25. The van der Waals surface area contributed by atoms with Crippen molar-refractivity contribution in [2.24, 2.45) is 47.9 Å². The summed E-state index contributed by atoms with van der Waals surface area (Å²) in [7, 11) is 1.54. The van der Waals surface area contributed by atoms with Crippen LogP contribution >= 0.6 is 12.4 Å². The normalized spacial score (nSPS) is 14.7. The number of likely N-dealkylation sites (N-methyl/N-ethyl adjacent to an activating group) is 3. The maximum absolute atomic E-state index is 12.3. The Balaban J connectivity index is 0.000000182. The number of nitrogens with zero attached hydrogens (tertiary/aromatic N) is 8. The lowest BCUT2D eigenvalue weighted by Crippen LogP contribution is -2.35. The smallest absolute Gasteiger partial charge is 0.251 e. The minimum absolute atomic E-state index is 0. The Morgan fingerprint density at radius 1 is 0.433 bits per heavy atom. The molecule has 0 bridgehead atoms. The van der Waals surface area contributed by atoms with Gasteiger partial charge in [-0.1, -0.05) is 42.5 Å². The van der Waals surface area contributed by atoms with Gasteiger partial charge in [0.2, 0.25) is 11.6 Å². The van der Waals surface area contributed by atoms with Crippen LogP contribution in [0.3, 0.4) is 0 Å². The van der Waals surface area contributed by atoms with Crippen LogP contribution in [0, 0.1) is 26.2 Å². The number of nitrogen functional groups attached to an aromatic ring is 5. The third-order valence-corrected chi connectivity index (χ3v) is 22.3. The molecular formula is C109H118ClN21O10. The van der Waals surface area contributed by atoms with Crippen molar-refractivity contribution in [1.82, 2.24) is 5.32 Å². The number of phenolic OH excluding ortho intramolecular Hbond substituents is 2. The lowest BCUT2D eigenvalue weighted by Gasteiger charge is -2.24. The van der Waals surface area contributed by atoms with E-state index in [1.54, 1.807) is 129 Å². The second kappa shape index (κ2) is 51.0. The van der Waals surface area contributed by atoms with E-state index in [9.17, 15) is 44.4 Å². The highest BCUT2D eigenvalue weighted by Crippen LogP contribution is 2.35. The highest BCUT2D eigenvalue weighted by atomic mass is 35.5. The standard InChI is InChI=1S/C26H33N5O3.C25H29N5O2.C20H21N5O.C19H18N4O.C19H16N2O3.ClH/c1-3-30(13-15-32)21-9-5-19(6-10-21)28-24-17-23(27)26(34)18-25(24)29-20-7-11-22(12-8-20)31(4-2)14-16-33;1-4-30(13-12-28-25(31)18-8-6-5-7-9-18)19-10-11-22(17(2)14-19)29-23-16-24(32-3)21(27)15-20(23)26;1-11-7-13(21)3-5-16(11)24-18-10-19(20(26)9-15(18)23)25-17-6-4-14(22)8-12(17)2;20-14-3-1-12(2-4-14)9-13-10-18(17(22)11-19(13)24)23-16-7-5-15(21)6-8-16;20-17-11-19(24)13(9-12-1-5-15(22)6-2-12)10-18(17)21-14-3-7-16(23)8-4-14;/h5-12,17-18,29,32-33H,3-4,13-16,27H2,1-2H3;5-11,14-16,26H,4,12-13,27H2,1-3H3,(H,28,31);3-10,25H,21-23H2,1-2H3;1-8,10-11H,9,20-22H2;1-8,10-11,22,24H,9,20H2;1H. The fraction of sp³-hybridized carbons (Fsp3) is 0.165. The van der Waals surface area contributed by atoms with Gasteiger partial charge < -0.3 is 107 Å². The third kappa shape index (κ3) is 30.5. The van der Waals surface area contributed by atoms with Gasteiger partial charge in [0.1, 0.15) is 17.3 Å². The first-order valence-electron chi connectivity index (χ1n) is 45.1. The molecule has 5 aliphatic rings. The van der Waals surface area contributed by atoms with Crippen LogP contribution in [0.5, 0.6) is 11.5 Å². The number of anilines is 10. The Morgan fingerprint density at radius 3 is 1.54 bits per heavy atom. The lowest BCUT2D eigenvalue weighted by atomic mass is 9.95. The van der Waals surface area contributed by atoms with Gasteiger partial charge in [0.15, 0.2) is 11.6 Å². The summed E-state index contributed by atoms with van der Waals surface area (Å²) in [5.74, 6) is 0.0668. The molecule has 0 heterocycles. The van der Waals surface area contributed by atoms with E-state index in [1.165, 1.54) is 36.4 Å². The minimum Gasteiger partial charge on any atom is -0.508 e. The van der Waals surface area contributed by atoms with Crippen LogP contribution in [0.2, 0.25) is 0 Å². The van der Waals surface area contributed by atoms with E-state index in [2.05, 4.69) is 63.6 Å². The highest BCUT2D eigenvalue weighted by Gasteiger charge is 2.24. The summed E-state index contributed by atoms with van der Waals surface area (Å²) in [6.07, 6.45) is 19.6.